The van der Waals surface area contributed by atoms with Crippen LogP contribution in [0, 0.1) is 5.92 Å². The van der Waals surface area contributed by atoms with E-state index >= 15 is 0 Å². The molecule has 2 rings (SSSR count). The molecule has 0 spiro atoms. The topological polar surface area (TPSA) is 78.4 Å². The molecule has 1 saturated carbocycles. The molecule has 120 valence electrons. The van der Waals surface area contributed by atoms with Crippen molar-refractivity contribution in [3.05, 3.63) is 0 Å². The SMILES string of the molecule is O=C(O)CC1(NC(=O)CCC2CCCNC2)CCCCC1. The molecular formula is C16H28N2O3. The van der Waals surface area contributed by atoms with E-state index < -0.39 is 11.5 Å². The van der Waals surface area contributed by atoms with Crippen molar-refractivity contribution in [2.45, 2.75) is 69.7 Å². The number of hydrogen-bond acceptors (Lipinski definition) is 3. The predicted octanol–water partition coefficient (Wildman–Crippen LogP) is 2.06. The van der Waals surface area contributed by atoms with Crippen molar-refractivity contribution in [2.75, 3.05) is 13.1 Å². The molecular weight excluding hydrogens is 268 g/mol. The van der Waals surface area contributed by atoms with E-state index in [-0.39, 0.29) is 12.3 Å². The summed E-state index contributed by atoms with van der Waals surface area (Å²) in [6, 6.07) is 0. The monoisotopic (exact) mass is 296 g/mol. The molecule has 1 atom stereocenters. The van der Waals surface area contributed by atoms with Gasteiger partial charge in [-0.1, -0.05) is 19.3 Å². The van der Waals surface area contributed by atoms with E-state index in [4.69, 9.17) is 5.11 Å². The molecule has 3 N–H and O–H groups in total. The molecule has 1 amide bonds. The van der Waals surface area contributed by atoms with Crippen molar-refractivity contribution in [2.24, 2.45) is 5.92 Å². The van der Waals surface area contributed by atoms with Gasteiger partial charge in [0.05, 0.1) is 12.0 Å². The molecule has 2 fully saturated rings. The second-order valence-corrected chi connectivity index (χ2v) is 6.71. The maximum atomic E-state index is 12.2. The van der Waals surface area contributed by atoms with Crippen LogP contribution in [0.2, 0.25) is 0 Å². The lowest BCUT2D eigenvalue weighted by atomic mass is 9.79. The summed E-state index contributed by atoms with van der Waals surface area (Å²) in [5, 5.41) is 15.5. The van der Waals surface area contributed by atoms with E-state index in [9.17, 15) is 9.59 Å². The van der Waals surface area contributed by atoms with E-state index in [2.05, 4.69) is 10.6 Å². The third-order valence-electron chi connectivity index (χ3n) is 4.88. The smallest absolute Gasteiger partial charge is 0.305 e. The fraction of sp³-hybridized carbons (Fsp3) is 0.875. The molecule has 0 bridgehead atoms. The molecule has 2 aliphatic rings. The van der Waals surface area contributed by atoms with E-state index in [0.717, 1.165) is 51.6 Å². The summed E-state index contributed by atoms with van der Waals surface area (Å²) in [5.41, 5.74) is -0.494. The summed E-state index contributed by atoms with van der Waals surface area (Å²) in [4.78, 5) is 23.3. The number of carbonyl (C=O) groups is 2. The van der Waals surface area contributed by atoms with Crippen molar-refractivity contribution in [3.63, 3.8) is 0 Å². The predicted molar refractivity (Wildman–Crippen MR) is 81.0 cm³/mol. The van der Waals surface area contributed by atoms with Crippen molar-refractivity contribution in [3.8, 4) is 0 Å². The van der Waals surface area contributed by atoms with E-state index in [1.165, 1.54) is 12.8 Å². The van der Waals surface area contributed by atoms with Crippen LogP contribution in [0.3, 0.4) is 0 Å². The van der Waals surface area contributed by atoms with Crippen LogP contribution in [0.4, 0.5) is 0 Å². The zero-order valence-corrected chi connectivity index (χ0v) is 12.8. The van der Waals surface area contributed by atoms with Gasteiger partial charge in [0.2, 0.25) is 5.91 Å². The number of rotatable bonds is 6. The van der Waals surface area contributed by atoms with Crippen LogP contribution >= 0.6 is 0 Å². The van der Waals surface area contributed by atoms with Crippen molar-refractivity contribution in [1.82, 2.24) is 10.6 Å². The first-order valence-corrected chi connectivity index (χ1v) is 8.33. The zero-order valence-electron chi connectivity index (χ0n) is 12.8. The third-order valence-corrected chi connectivity index (χ3v) is 4.88. The van der Waals surface area contributed by atoms with E-state index in [1.54, 1.807) is 0 Å². The maximum absolute atomic E-state index is 12.2. The number of carbonyl (C=O) groups excluding carboxylic acids is 1. The van der Waals surface area contributed by atoms with Crippen LogP contribution in [-0.4, -0.2) is 35.6 Å². The van der Waals surface area contributed by atoms with Gasteiger partial charge in [0, 0.05) is 6.42 Å². The van der Waals surface area contributed by atoms with Crippen molar-refractivity contribution in [1.29, 1.82) is 0 Å². The van der Waals surface area contributed by atoms with Gasteiger partial charge >= 0.3 is 5.97 Å². The molecule has 1 unspecified atom stereocenters. The minimum Gasteiger partial charge on any atom is -0.481 e. The molecule has 1 aliphatic carbocycles. The van der Waals surface area contributed by atoms with Gasteiger partial charge in [-0.2, -0.15) is 0 Å². The molecule has 0 radical (unpaired) electrons. The van der Waals surface area contributed by atoms with Crippen molar-refractivity contribution >= 4 is 11.9 Å². The summed E-state index contributed by atoms with van der Waals surface area (Å²) < 4.78 is 0. The second-order valence-electron chi connectivity index (χ2n) is 6.71. The van der Waals surface area contributed by atoms with Crippen LogP contribution in [-0.2, 0) is 9.59 Å². The quantitative estimate of drug-likeness (QED) is 0.701. The minimum absolute atomic E-state index is 0.0312. The summed E-state index contributed by atoms with van der Waals surface area (Å²) in [6.07, 6.45) is 8.65. The van der Waals surface area contributed by atoms with Crippen LogP contribution in [0.1, 0.15) is 64.2 Å². The van der Waals surface area contributed by atoms with Gasteiger partial charge in [-0.25, -0.2) is 0 Å². The first-order chi connectivity index (χ1) is 10.1. The summed E-state index contributed by atoms with van der Waals surface area (Å²) in [7, 11) is 0. The van der Waals surface area contributed by atoms with Crippen LogP contribution in [0.5, 0.6) is 0 Å². The average molecular weight is 296 g/mol. The summed E-state index contributed by atoms with van der Waals surface area (Å²) in [6.45, 7) is 2.10. The van der Waals surface area contributed by atoms with Crippen LogP contribution in [0.15, 0.2) is 0 Å². The highest BCUT2D eigenvalue weighted by atomic mass is 16.4. The standard InChI is InChI=1S/C16H28N2O3/c19-14(7-6-13-5-4-10-17-12-13)18-16(11-15(20)21)8-2-1-3-9-16/h13,17H,1-12H2,(H,18,19)(H,20,21). The van der Waals surface area contributed by atoms with Gasteiger partial charge in [-0.05, 0) is 51.1 Å². The number of carboxylic acid groups (broad SMARTS) is 1. The number of carboxylic acids is 1. The minimum atomic E-state index is -0.811. The normalized spacial score (nSPS) is 25.2. The number of piperidine rings is 1. The largest absolute Gasteiger partial charge is 0.481 e. The Morgan fingerprint density at radius 2 is 1.95 bits per heavy atom. The Labute approximate surface area is 126 Å². The Morgan fingerprint density at radius 1 is 1.19 bits per heavy atom. The van der Waals surface area contributed by atoms with Crippen LogP contribution in [0.25, 0.3) is 0 Å². The number of amides is 1. The van der Waals surface area contributed by atoms with E-state index in [1.807, 2.05) is 0 Å². The third kappa shape index (κ3) is 5.30. The van der Waals surface area contributed by atoms with Gasteiger partial charge < -0.3 is 15.7 Å². The number of nitrogens with one attached hydrogen (secondary N) is 2. The summed E-state index contributed by atoms with van der Waals surface area (Å²) >= 11 is 0. The molecule has 0 aromatic carbocycles. The van der Waals surface area contributed by atoms with Gasteiger partial charge in [-0.15, -0.1) is 0 Å². The van der Waals surface area contributed by atoms with Gasteiger partial charge in [-0.3, -0.25) is 9.59 Å². The Kier molecular flexibility index (Phi) is 6.03. The molecule has 0 aromatic heterocycles. The Hall–Kier alpha value is -1.10. The molecule has 21 heavy (non-hydrogen) atoms. The fourth-order valence-corrected chi connectivity index (χ4v) is 3.73. The molecule has 0 aromatic rings. The summed E-state index contributed by atoms with van der Waals surface area (Å²) in [5.74, 6) is -0.191. The highest BCUT2D eigenvalue weighted by Gasteiger charge is 2.35. The fourth-order valence-electron chi connectivity index (χ4n) is 3.73. The van der Waals surface area contributed by atoms with Crippen molar-refractivity contribution < 1.29 is 14.7 Å². The first-order valence-electron chi connectivity index (χ1n) is 8.33. The highest BCUT2D eigenvalue weighted by molar-refractivity contribution is 5.78. The lowest BCUT2D eigenvalue weighted by Gasteiger charge is -2.37. The second kappa shape index (κ2) is 7.78. The Balaban J connectivity index is 1.81. The average Bonchev–Trinajstić information content (AvgIpc) is 2.46. The molecule has 5 nitrogen and oxygen atoms in total. The molecule has 1 aliphatic heterocycles. The first kappa shape index (κ1) is 16.3. The lowest BCUT2D eigenvalue weighted by Crippen LogP contribution is -2.51. The molecule has 1 heterocycles. The maximum Gasteiger partial charge on any atom is 0.305 e. The number of hydrogen-bond donors (Lipinski definition) is 3. The van der Waals surface area contributed by atoms with Gasteiger partial charge in [0.15, 0.2) is 0 Å². The highest BCUT2D eigenvalue weighted by Crippen LogP contribution is 2.31. The number of aliphatic carboxylic acids is 1. The Bertz CT molecular complexity index is 359. The van der Waals surface area contributed by atoms with Gasteiger partial charge in [0.1, 0.15) is 0 Å². The molecule has 1 saturated heterocycles. The van der Waals surface area contributed by atoms with Gasteiger partial charge in [0.25, 0.3) is 0 Å². The van der Waals surface area contributed by atoms with Crippen LogP contribution < -0.4 is 10.6 Å². The molecule has 5 heteroatoms. The Morgan fingerprint density at radius 3 is 2.57 bits per heavy atom. The van der Waals surface area contributed by atoms with E-state index in [0.29, 0.717) is 12.3 Å². The lowest BCUT2D eigenvalue weighted by molar-refractivity contribution is -0.139. The zero-order chi connectivity index (χ0) is 15.1.